The van der Waals surface area contributed by atoms with Crippen LogP contribution in [0.25, 0.3) is 10.2 Å². The first-order valence-corrected chi connectivity index (χ1v) is 10.2. The van der Waals surface area contributed by atoms with Crippen LogP contribution in [0.5, 0.6) is 11.5 Å². The number of amides is 1. The van der Waals surface area contributed by atoms with Gasteiger partial charge in [-0.05, 0) is 44.5 Å². The van der Waals surface area contributed by atoms with Crippen molar-refractivity contribution in [3.8, 4) is 11.5 Å². The first kappa shape index (κ1) is 22.3. The SMILES string of the molecule is COc1ccc(OC)c(C(C)NC(=O)COC(=O)c2sc3nc(C)[nH]c(=O)c3c2C)c1. The van der Waals surface area contributed by atoms with E-state index in [1.165, 1.54) is 7.11 Å². The molecule has 0 fully saturated rings. The maximum atomic E-state index is 12.5. The van der Waals surface area contributed by atoms with Gasteiger partial charge in [-0.3, -0.25) is 9.59 Å². The summed E-state index contributed by atoms with van der Waals surface area (Å²) in [4.78, 5) is 44.6. The third-order valence-corrected chi connectivity index (χ3v) is 5.89. The van der Waals surface area contributed by atoms with Crippen LogP contribution in [0.15, 0.2) is 23.0 Å². The van der Waals surface area contributed by atoms with Gasteiger partial charge in [0.1, 0.15) is 27.0 Å². The van der Waals surface area contributed by atoms with Gasteiger partial charge in [0, 0.05) is 5.56 Å². The Balaban J connectivity index is 1.68. The summed E-state index contributed by atoms with van der Waals surface area (Å²) in [5, 5.41) is 3.12. The molecule has 0 bridgehead atoms. The van der Waals surface area contributed by atoms with Crippen molar-refractivity contribution in [1.29, 1.82) is 0 Å². The van der Waals surface area contributed by atoms with E-state index in [0.717, 1.165) is 16.9 Å². The Morgan fingerprint density at radius 2 is 1.97 bits per heavy atom. The highest BCUT2D eigenvalue weighted by atomic mass is 32.1. The first-order chi connectivity index (χ1) is 14.7. The lowest BCUT2D eigenvalue weighted by atomic mass is 10.1. The lowest BCUT2D eigenvalue weighted by Crippen LogP contribution is -2.31. The van der Waals surface area contributed by atoms with Gasteiger partial charge >= 0.3 is 5.97 Å². The molecule has 1 atom stereocenters. The van der Waals surface area contributed by atoms with Crippen LogP contribution >= 0.6 is 11.3 Å². The predicted molar refractivity (Wildman–Crippen MR) is 116 cm³/mol. The topological polar surface area (TPSA) is 120 Å². The number of nitrogens with zero attached hydrogens (tertiary/aromatic N) is 1. The summed E-state index contributed by atoms with van der Waals surface area (Å²) < 4.78 is 15.7. The van der Waals surface area contributed by atoms with E-state index in [2.05, 4.69) is 15.3 Å². The maximum absolute atomic E-state index is 12.5. The van der Waals surface area contributed by atoms with E-state index in [-0.39, 0.29) is 10.4 Å². The smallest absolute Gasteiger partial charge is 0.349 e. The minimum absolute atomic E-state index is 0.244. The summed E-state index contributed by atoms with van der Waals surface area (Å²) in [6.07, 6.45) is 0. The fourth-order valence-electron chi connectivity index (χ4n) is 3.18. The largest absolute Gasteiger partial charge is 0.497 e. The standard InChI is InChI=1S/C21H23N3O6S/c1-10-17-19(26)23-12(3)24-20(17)31-18(10)21(27)30-9-16(25)22-11(2)14-8-13(28-4)6-7-15(14)29-5/h6-8,11H,9H2,1-5H3,(H,22,25)(H,23,24,26). The van der Waals surface area contributed by atoms with Gasteiger partial charge in [0.25, 0.3) is 11.5 Å². The molecular formula is C21H23N3O6S. The molecule has 1 amide bonds. The second-order valence-corrected chi connectivity index (χ2v) is 7.86. The summed E-state index contributed by atoms with van der Waals surface area (Å²) in [5.74, 6) is 0.525. The van der Waals surface area contributed by atoms with Crippen LogP contribution in [-0.4, -0.2) is 42.7 Å². The number of nitrogens with one attached hydrogen (secondary N) is 2. The number of hydrogen-bond donors (Lipinski definition) is 2. The Kier molecular flexibility index (Phi) is 6.59. The summed E-state index contributed by atoms with van der Waals surface area (Å²) in [5.41, 5.74) is 0.894. The molecule has 3 aromatic rings. The average molecular weight is 445 g/mol. The molecule has 3 rings (SSSR count). The minimum Gasteiger partial charge on any atom is -0.497 e. The van der Waals surface area contributed by atoms with E-state index in [4.69, 9.17) is 14.2 Å². The van der Waals surface area contributed by atoms with E-state index in [9.17, 15) is 14.4 Å². The molecule has 0 spiro atoms. The van der Waals surface area contributed by atoms with E-state index in [1.807, 2.05) is 0 Å². The van der Waals surface area contributed by atoms with Crippen LogP contribution in [-0.2, 0) is 9.53 Å². The predicted octanol–water partition coefficient (Wildman–Crippen LogP) is 2.65. The number of thiophene rings is 1. The van der Waals surface area contributed by atoms with Gasteiger partial charge in [0.2, 0.25) is 0 Å². The lowest BCUT2D eigenvalue weighted by molar-refractivity contribution is -0.124. The van der Waals surface area contributed by atoms with Crippen LogP contribution in [0.2, 0.25) is 0 Å². The number of benzene rings is 1. The molecule has 2 heterocycles. The van der Waals surface area contributed by atoms with Gasteiger partial charge in [-0.2, -0.15) is 0 Å². The quantitative estimate of drug-likeness (QED) is 0.537. The minimum atomic E-state index is -0.681. The normalized spacial score (nSPS) is 11.8. The Hall–Kier alpha value is -3.40. The van der Waals surface area contributed by atoms with Crippen LogP contribution in [0, 0.1) is 13.8 Å². The number of esters is 1. The summed E-state index contributed by atoms with van der Waals surface area (Å²) >= 11 is 1.06. The van der Waals surface area contributed by atoms with Crippen LogP contribution in [0.3, 0.4) is 0 Å². The number of methoxy groups -OCH3 is 2. The maximum Gasteiger partial charge on any atom is 0.349 e. The third-order valence-electron chi connectivity index (χ3n) is 4.72. The monoisotopic (exact) mass is 445 g/mol. The van der Waals surface area contributed by atoms with Crippen LogP contribution in [0.4, 0.5) is 0 Å². The molecule has 0 saturated carbocycles. The highest BCUT2D eigenvalue weighted by molar-refractivity contribution is 7.20. The number of hydrogen-bond acceptors (Lipinski definition) is 8. The summed E-state index contributed by atoms with van der Waals surface area (Å²) in [6.45, 7) is 4.63. The molecule has 9 nitrogen and oxygen atoms in total. The van der Waals surface area contributed by atoms with Gasteiger partial charge < -0.3 is 24.5 Å². The molecule has 2 aromatic heterocycles. The number of aryl methyl sites for hydroxylation is 2. The fraction of sp³-hybridized carbons (Fsp3) is 0.333. The number of ether oxygens (including phenoxy) is 3. The molecule has 0 aliphatic rings. The number of carbonyl (C=O) groups is 2. The Bertz CT molecular complexity index is 1200. The van der Waals surface area contributed by atoms with Crippen molar-refractivity contribution in [3.63, 3.8) is 0 Å². The molecule has 2 N–H and O–H groups in total. The van der Waals surface area contributed by atoms with Gasteiger partial charge in [0.15, 0.2) is 6.61 Å². The highest BCUT2D eigenvalue weighted by Crippen LogP contribution is 2.29. The van der Waals surface area contributed by atoms with Crippen molar-refractivity contribution >= 4 is 33.4 Å². The molecule has 164 valence electrons. The average Bonchev–Trinajstić information content (AvgIpc) is 3.07. The van der Waals surface area contributed by atoms with Gasteiger partial charge in [-0.25, -0.2) is 9.78 Å². The molecule has 31 heavy (non-hydrogen) atoms. The summed E-state index contributed by atoms with van der Waals surface area (Å²) in [6, 6.07) is 4.86. The molecule has 1 aromatic carbocycles. The third kappa shape index (κ3) is 4.69. The zero-order valence-electron chi connectivity index (χ0n) is 17.8. The van der Waals surface area contributed by atoms with Crippen LogP contribution < -0.4 is 20.3 Å². The van der Waals surface area contributed by atoms with Gasteiger partial charge in [0.05, 0.1) is 25.6 Å². The lowest BCUT2D eigenvalue weighted by Gasteiger charge is -2.18. The van der Waals surface area contributed by atoms with Crippen LogP contribution in [0.1, 0.15) is 39.6 Å². The molecule has 0 radical (unpaired) electrons. The number of H-pyrrole nitrogens is 1. The van der Waals surface area contributed by atoms with Gasteiger partial charge in [-0.1, -0.05) is 0 Å². The van der Waals surface area contributed by atoms with Crippen molar-refractivity contribution < 1.29 is 23.8 Å². The molecule has 0 saturated heterocycles. The zero-order valence-corrected chi connectivity index (χ0v) is 18.6. The van der Waals surface area contributed by atoms with Crippen molar-refractivity contribution in [3.05, 3.63) is 50.4 Å². The second-order valence-electron chi connectivity index (χ2n) is 6.86. The van der Waals surface area contributed by atoms with Crippen molar-refractivity contribution in [2.45, 2.75) is 26.8 Å². The van der Waals surface area contributed by atoms with Gasteiger partial charge in [-0.15, -0.1) is 11.3 Å². The van der Waals surface area contributed by atoms with E-state index < -0.39 is 24.5 Å². The fourth-order valence-corrected chi connectivity index (χ4v) is 4.30. The molecule has 0 aliphatic heterocycles. The van der Waals surface area contributed by atoms with Crippen molar-refractivity contribution in [2.24, 2.45) is 0 Å². The number of rotatable bonds is 7. The van der Waals surface area contributed by atoms with E-state index in [0.29, 0.717) is 33.1 Å². The zero-order chi connectivity index (χ0) is 22.7. The second kappa shape index (κ2) is 9.17. The number of aromatic nitrogens is 2. The van der Waals surface area contributed by atoms with E-state index >= 15 is 0 Å². The Morgan fingerprint density at radius 1 is 1.23 bits per heavy atom. The molecule has 1 unspecified atom stereocenters. The first-order valence-electron chi connectivity index (χ1n) is 9.43. The summed E-state index contributed by atoms with van der Waals surface area (Å²) in [7, 11) is 3.09. The van der Waals surface area contributed by atoms with E-state index in [1.54, 1.807) is 46.1 Å². The van der Waals surface area contributed by atoms with Crippen molar-refractivity contribution in [2.75, 3.05) is 20.8 Å². The molecule has 10 heteroatoms. The number of fused-ring (bicyclic) bond motifs is 1. The van der Waals surface area contributed by atoms with Crippen molar-refractivity contribution in [1.82, 2.24) is 15.3 Å². The number of aromatic amines is 1. The highest BCUT2D eigenvalue weighted by Gasteiger charge is 2.22. The molecule has 0 aliphatic carbocycles. The number of carbonyl (C=O) groups excluding carboxylic acids is 2. The Labute approximate surface area is 182 Å². The Morgan fingerprint density at radius 3 is 2.65 bits per heavy atom. The molecular weight excluding hydrogens is 422 g/mol.